The minimum absolute atomic E-state index is 0.0400. The minimum atomic E-state index is -3.76. The second kappa shape index (κ2) is 9.51. The molecule has 1 amide bonds. The molecule has 0 radical (unpaired) electrons. The third kappa shape index (κ3) is 5.33. The van der Waals surface area contributed by atoms with Crippen molar-refractivity contribution in [3.63, 3.8) is 0 Å². The Bertz CT molecular complexity index is 978. The van der Waals surface area contributed by atoms with E-state index in [0.29, 0.717) is 24.1 Å². The van der Waals surface area contributed by atoms with Gasteiger partial charge in [0.2, 0.25) is 15.2 Å². The van der Waals surface area contributed by atoms with E-state index >= 15 is 0 Å². The zero-order valence-corrected chi connectivity index (χ0v) is 18.9. The molecule has 1 unspecified atom stereocenters. The van der Waals surface area contributed by atoms with Gasteiger partial charge in [-0.1, -0.05) is 43.2 Å². The Kier molecular flexibility index (Phi) is 7.26. The second-order valence-electron chi connectivity index (χ2n) is 7.31. The van der Waals surface area contributed by atoms with Gasteiger partial charge in [-0.05, 0) is 43.4 Å². The molecular formula is C19H25ClN4O3S2. The van der Waals surface area contributed by atoms with Crippen molar-refractivity contribution in [1.82, 2.24) is 14.5 Å². The number of halogens is 1. The molecule has 158 valence electrons. The lowest BCUT2D eigenvalue weighted by Crippen LogP contribution is -2.39. The fourth-order valence-electron chi connectivity index (χ4n) is 3.25. The lowest BCUT2D eigenvalue weighted by Gasteiger charge is -2.30. The summed E-state index contributed by atoms with van der Waals surface area (Å²) < 4.78 is 27.6. The van der Waals surface area contributed by atoms with Crippen LogP contribution in [0.3, 0.4) is 0 Å². The Balaban J connectivity index is 1.79. The summed E-state index contributed by atoms with van der Waals surface area (Å²) in [6, 6.07) is 4.29. The summed E-state index contributed by atoms with van der Waals surface area (Å²) in [6.07, 6.45) is 4.71. The van der Waals surface area contributed by atoms with Crippen LogP contribution in [0.2, 0.25) is 5.02 Å². The number of rotatable bonds is 7. The molecular weight excluding hydrogens is 432 g/mol. The third-order valence-corrected chi connectivity index (χ3v) is 8.11. The van der Waals surface area contributed by atoms with Gasteiger partial charge in [-0.2, -0.15) is 4.31 Å². The van der Waals surface area contributed by atoms with E-state index in [2.05, 4.69) is 22.4 Å². The van der Waals surface area contributed by atoms with E-state index in [1.54, 1.807) is 0 Å². The van der Waals surface area contributed by atoms with Crippen molar-refractivity contribution in [2.45, 2.75) is 50.8 Å². The number of piperidine rings is 1. The molecule has 29 heavy (non-hydrogen) atoms. The van der Waals surface area contributed by atoms with E-state index in [-0.39, 0.29) is 15.5 Å². The van der Waals surface area contributed by atoms with Crippen LogP contribution >= 0.6 is 22.9 Å². The van der Waals surface area contributed by atoms with Gasteiger partial charge in [0.15, 0.2) is 0 Å². The summed E-state index contributed by atoms with van der Waals surface area (Å²) in [5.74, 6) is -0.147. The molecule has 0 spiro atoms. The lowest BCUT2D eigenvalue weighted by molar-refractivity contribution is 0.102. The van der Waals surface area contributed by atoms with E-state index in [9.17, 15) is 13.2 Å². The second-order valence-corrected chi connectivity index (χ2v) is 10.7. The van der Waals surface area contributed by atoms with Crippen LogP contribution in [0, 0.1) is 5.92 Å². The number of aromatic nitrogens is 2. The number of sulfonamides is 1. The van der Waals surface area contributed by atoms with E-state index in [1.807, 2.05) is 6.92 Å². The van der Waals surface area contributed by atoms with Crippen molar-refractivity contribution >= 4 is 44.0 Å². The zero-order chi connectivity index (χ0) is 21.0. The molecule has 0 saturated carbocycles. The molecule has 1 aliphatic rings. The Hall–Kier alpha value is -1.55. The number of carbonyl (C=O) groups excluding carboxylic acids is 1. The van der Waals surface area contributed by atoms with Crippen LogP contribution in [-0.2, 0) is 16.4 Å². The molecule has 1 aromatic carbocycles. The van der Waals surface area contributed by atoms with E-state index < -0.39 is 15.9 Å². The normalized spacial score (nSPS) is 18.0. The van der Waals surface area contributed by atoms with Crippen molar-refractivity contribution in [1.29, 1.82) is 0 Å². The van der Waals surface area contributed by atoms with Crippen molar-refractivity contribution < 1.29 is 13.2 Å². The predicted octanol–water partition coefficient (Wildman–Crippen LogP) is 4.21. The first-order chi connectivity index (χ1) is 13.8. The number of anilines is 1. The van der Waals surface area contributed by atoms with Crippen LogP contribution in [0.25, 0.3) is 0 Å². The smallest absolute Gasteiger partial charge is 0.257 e. The van der Waals surface area contributed by atoms with Gasteiger partial charge in [-0.3, -0.25) is 10.1 Å². The predicted molar refractivity (Wildman–Crippen MR) is 115 cm³/mol. The van der Waals surface area contributed by atoms with E-state index in [1.165, 1.54) is 33.8 Å². The quantitative estimate of drug-likeness (QED) is 0.673. The maximum Gasteiger partial charge on any atom is 0.257 e. The maximum atomic E-state index is 13.1. The summed E-state index contributed by atoms with van der Waals surface area (Å²) in [5, 5.41) is 12.1. The van der Waals surface area contributed by atoms with Gasteiger partial charge < -0.3 is 0 Å². The summed E-state index contributed by atoms with van der Waals surface area (Å²) in [7, 11) is -3.76. The first-order valence-corrected chi connectivity index (χ1v) is 12.4. The van der Waals surface area contributed by atoms with Crippen molar-refractivity contribution in [2.75, 3.05) is 18.4 Å². The van der Waals surface area contributed by atoms with Crippen LogP contribution in [0.15, 0.2) is 23.1 Å². The number of unbranched alkanes of at least 4 members (excludes halogenated alkanes) is 1. The number of nitrogens with one attached hydrogen (secondary N) is 1. The number of amides is 1. The molecule has 2 aromatic rings. The molecule has 1 saturated heterocycles. The molecule has 7 nitrogen and oxygen atoms in total. The fraction of sp³-hybridized carbons (Fsp3) is 0.526. The molecule has 3 rings (SSSR count). The Morgan fingerprint density at radius 1 is 1.38 bits per heavy atom. The van der Waals surface area contributed by atoms with Gasteiger partial charge >= 0.3 is 0 Å². The standard InChI is InChI=1S/C19H25ClN4O3S2/c1-3-4-7-17-22-23-19(28-17)21-18(25)14-8-9-15(20)16(11-14)29(26,27)24-10-5-6-13(2)12-24/h8-9,11,13H,3-7,10,12H2,1-2H3,(H,21,23,25). The average molecular weight is 457 g/mol. The first kappa shape index (κ1) is 22.1. The van der Waals surface area contributed by atoms with Crippen LogP contribution in [-0.4, -0.2) is 41.9 Å². The highest BCUT2D eigenvalue weighted by molar-refractivity contribution is 7.89. The molecule has 1 N–H and O–H groups in total. The van der Waals surface area contributed by atoms with Crippen molar-refractivity contribution in [2.24, 2.45) is 5.92 Å². The summed E-state index contributed by atoms with van der Waals surface area (Å²) in [6.45, 7) is 5.05. The minimum Gasteiger partial charge on any atom is -0.296 e. The van der Waals surface area contributed by atoms with Gasteiger partial charge in [-0.25, -0.2) is 8.42 Å². The number of carbonyl (C=O) groups is 1. The lowest BCUT2D eigenvalue weighted by atomic mass is 10.0. The Morgan fingerprint density at radius 3 is 2.90 bits per heavy atom. The van der Waals surface area contributed by atoms with Gasteiger partial charge in [0.1, 0.15) is 9.90 Å². The molecule has 10 heteroatoms. The topological polar surface area (TPSA) is 92.3 Å². The number of hydrogen-bond acceptors (Lipinski definition) is 6. The monoisotopic (exact) mass is 456 g/mol. The fourth-order valence-corrected chi connectivity index (χ4v) is 6.12. The maximum absolute atomic E-state index is 13.1. The SMILES string of the molecule is CCCCc1nnc(NC(=O)c2ccc(Cl)c(S(=O)(=O)N3CCCC(C)C3)c2)s1. The number of benzene rings is 1. The van der Waals surface area contributed by atoms with E-state index in [4.69, 9.17) is 11.6 Å². The molecule has 1 aromatic heterocycles. The summed E-state index contributed by atoms with van der Waals surface area (Å²) in [5.41, 5.74) is 0.211. The molecule has 0 aliphatic carbocycles. The van der Waals surface area contributed by atoms with Gasteiger partial charge in [-0.15, -0.1) is 10.2 Å². The van der Waals surface area contributed by atoms with Crippen molar-refractivity contribution in [3.8, 4) is 0 Å². The van der Waals surface area contributed by atoms with Crippen LogP contribution in [0.1, 0.15) is 54.9 Å². The third-order valence-electron chi connectivity index (χ3n) is 4.86. The highest BCUT2D eigenvalue weighted by Crippen LogP contribution is 2.29. The van der Waals surface area contributed by atoms with Crippen LogP contribution in [0.5, 0.6) is 0 Å². The van der Waals surface area contributed by atoms with Gasteiger partial charge in [0.25, 0.3) is 5.91 Å². The number of hydrogen-bond donors (Lipinski definition) is 1. The average Bonchev–Trinajstić information content (AvgIpc) is 3.13. The number of nitrogens with zero attached hydrogens (tertiary/aromatic N) is 3. The summed E-state index contributed by atoms with van der Waals surface area (Å²) >= 11 is 7.52. The van der Waals surface area contributed by atoms with Crippen LogP contribution in [0.4, 0.5) is 5.13 Å². The van der Waals surface area contributed by atoms with Crippen LogP contribution < -0.4 is 5.32 Å². The summed E-state index contributed by atoms with van der Waals surface area (Å²) in [4.78, 5) is 12.6. The highest BCUT2D eigenvalue weighted by Gasteiger charge is 2.31. The molecule has 1 atom stereocenters. The van der Waals surface area contributed by atoms with Gasteiger partial charge in [0, 0.05) is 25.1 Å². The molecule has 1 fully saturated rings. The van der Waals surface area contributed by atoms with Crippen molar-refractivity contribution in [3.05, 3.63) is 33.8 Å². The Morgan fingerprint density at radius 2 is 2.17 bits per heavy atom. The Labute approximate surface area is 180 Å². The van der Waals surface area contributed by atoms with E-state index in [0.717, 1.165) is 37.1 Å². The largest absolute Gasteiger partial charge is 0.296 e. The van der Waals surface area contributed by atoms with Gasteiger partial charge in [0.05, 0.1) is 5.02 Å². The zero-order valence-electron chi connectivity index (χ0n) is 16.5. The molecule has 2 heterocycles. The first-order valence-electron chi connectivity index (χ1n) is 9.74. The molecule has 0 bridgehead atoms. The number of aryl methyl sites for hydroxylation is 1. The molecule has 1 aliphatic heterocycles. The highest BCUT2D eigenvalue weighted by atomic mass is 35.5.